The summed E-state index contributed by atoms with van der Waals surface area (Å²) in [5.41, 5.74) is 5.00. The molecule has 2 N–H and O–H groups in total. The number of primary sulfonamides is 1. The Labute approximate surface area is 174 Å². The second kappa shape index (κ2) is 6.85. The van der Waals surface area contributed by atoms with Gasteiger partial charge in [-0.2, -0.15) is 0 Å². The van der Waals surface area contributed by atoms with E-state index in [2.05, 4.69) is 6.07 Å². The number of hydrogen-bond acceptors (Lipinski definition) is 6. The van der Waals surface area contributed by atoms with Crippen LogP contribution in [0.15, 0.2) is 44.4 Å². The molecule has 1 aliphatic carbocycles. The number of sulfonamides is 1. The van der Waals surface area contributed by atoms with Gasteiger partial charge in [-0.15, -0.1) is 0 Å². The van der Waals surface area contributed by atoms with Crippen LogP contribution in [0.1, 0.15) is 35.1 Å². The summed E-state index contributed by atoms with van der Waals surface area (Å²) in [6.07, 6.45) is 3.73. The van der Waals surface area contributed by atoms with Crippen LogP contribution in [-0.2, 0) is 29.4 Å². The van der Waals surface area contributed by atoms with Crippen LogP contribution >= 0.6 is 0 Å². The lowest BCUT2D eigenvalue weighted by Crippen LogP contribution is -2.32. The average molecular weight is 426 g/mol. The zero-order valence-electron chi connectivity index (χ0n) is 16.6. The van der Waals surface area contributed by atoms with E-state index in [1.54, 1.807) is 12.1 Å². The van der Waals surface area contributed by atoms with Crippen LogP contribution in [0.25, 0.3) is 11.0 Å². The van der Waals surface area contributed by atoms with E-state index in [9.17, 15) is 13.2 Å². The van der Waals surface area contributed by atoms with Crippen molar-refractivity contribution < 1.29 is 17.6 Å². The first-order chi connectivity index (χ1) is 14.3. The first-order valence-corrected chi connectivity index (χ1v) is 11.5. The maximum absolute atomic E-state index is 12.5. The molecule has 30 heavy (non-hydrogen) atoms. The van der Waals surface area contributed by atoms with Crippen LogP contribution in [0.4, 0.5) is 5.69 Å². The van der Waals surface area contributed by atoms with Gasteiger partial charge in [-0.1, -0.05) is 0 Å². The summed E-state index contributed by atoms with van der Waals surface area (Å²) in [6.45, 7) is 2.84. The Hall–Kier alpha value is -2.84. The van der Waals surface area contributed by atoms with Gasteiger partial charge in [-0.3, -0.25) is 0 Å². The molecule has 3 aromatic rings. The number of fused-ring (bicyclic) bond motifs is 4. The van der Waals surface area contributed by atoms with Gasteiger partial charge in [0.2, 0.25) is 10.0 Å². The Balaban J connectivity index is 1.57. The summed E-state index contributed by atoms with van der Waals surface area (Å²) < 4.78 is 34.7. The fourth-order valence-corrected chi connectivity index (χ4v) is 5.03. The smallest absolute Gasteiger partial charge is 0.339 e. The van der Waals surface area contributed by atoms with Crippen molar-refractivity contribution in [1.82, 2.24) is 0 Å². The monoisotopic (exact) mass is 426 g/mol. The molecule has 0 unspecified atom stereocenters. The molecular formula is C22H22N2O5S. The maximum Gasteiger partial charge on any atom is 0.339 e. The minimum atomic E-state index is -3.73. The molecule has 0 bridgehead atoms. The summed E-state index contributed by atoms with van der Waals surface area (Å²) in [4.78, 5) is 14.6. The van der Waals surface area contributed by atoms with E-state index >= 15 is 0 Å². The molecule has 156 valence electrons. The molecule has 0 spiro atoms. The fraction of sp³-hybridized carbons (Fsp3) is 0.318. The van der Waals surface area contributed by atoms with Crippen molar-refractivity contribution in [2.75, 3.05) is 11.6 Å². The van der Waals surface area contributed by atoms with Crippen molar-refractivity contribution in [3.05, 3.63) is 63.0 Å². The van der Waals surface area contributed by atoms with Gasteiger partial charge in [0.1, 0.15) is 11.3 Å². The fourth-order valence-electron chi connectivity index (χ4n) is 4.51. The highest BCUT2D eigenvalue weighted by molar-refractivity contribution is 7.89. The average Bonchev–Trinajstić information content (AvgIpc) is 2.74. The predicted molar refractivity (Wildman–Crippen MR) is 113 cm³/mol. The van der Waals surface area contributed by atoms with Crippen molar-refractivity contribution in [3.63, 3.8) is 0 Å². The van der Waals surface area contributed by atoms with Gasteiger partial charge in [0.25, 0.3) is 0 Å². The molecule has 2 heterocycles. The number of aryl methyl sites for hydroxylation is 2. The molecule has 7 nitrogen and oxygen atoms in total. The number of benzene rings is 2. The zero-order valence-corrected chi connectivity index (χ0v) is 17.4. The summed E-state index contributed by atoms with van der Waals surface area (Å²) in [7, 11) is -3.73. The summed E-state index contributed by atoms with van der Waals surface area (Å²) in [5, 5.41) is 6.18. The van der Waals surface area contributed by atoms with Gasteiger partial charge in [0.05, 0.1) is 4.90 Å². The van der Waals surface area contributed by atoms with Crippen molar-refractivity contribution in [1.29, 1.82) is 0 Å². The Morgan fingerprint density at radius 3 is 2.47 bits per heavy atom. The lowest BCUT2D eigenvalue weighted by atomic mass is 9.89. The third kappa shape index (κ3) is 3.07. The van der Waals surface area contributed by atoms with E-state index < -0.39 is 10.0 Å². The van der Waals surface area contributed by atoms with Crippen molar-refractivity contribution in [2.24, 2.45) is 5.14 Å². The quantitative estimate of drug-likeness (QED) is 0.632. The summed E-state index contributed by atoms with van der Waals surface area (Å²) in [5.74, 6) is 0.749. The Kier molecular flexibility index (Phi) is 4.37. The minimum Gasteiger partial charge on any atom is -0.472 e. The van der Waals surface area contributed by atoms with Gasteiger partial charge in [-0.25, -0.2) is 18.4 Å². The molecular weight excluding hydrogens is 404 g/mol. The second-order valence-corrected chi connectivity index (χ2v) is 9.49. The van der Waals surface area contributed by atoms with Crippen LogP contribution in [0.5, 0.6) is 5.75 Å². The SMILES string of the molecule is Cc1c2c(cc3c4c(c(=O)oc13)CCCC4)CN(c1ccc(S(N)(=O)=O)cc1)CO2. The molecule has 0 saturated carbocycles. The van der Waals surface area contributed by atoms with Crippen LogP contribution in [-0.4, -0.2) is 15.1 Å². The first-order valence-electron chi connectivity index (χ1n) is 9.94. The zero-order chi connectivity index (χ0) is 21.0. The lowest BCUT2D eigenvalue weighted by Gasteiger charge is -2.32. The molecule has 0 saturated heterocycles. The van der Waals surface area contributed by atoms with E-state index in [0.717, 1.165) is 64.8 Å². The van der Waals surface area contributed by atoms with Gasteiger partial charge in [0.15, 0.2) is 6.73 Å². The third-order valence-corrected chi connectivity index (χ3v) is 6.96. The number of nitrogens with zero attached hydrogens (tertiary/aromatic N) is 1. The molecule has 8 heteroatoms. The molecule has 1 aliphatic heterocycles. The van der Waals surface area contributed by atoms with Crippen molar-refractivity contribution >= 4 is 26.7 Å². The largest absolute Gasteiger partial charge is 0.472 e. The highest BCUT2D eigenvalue weighted by Gasteiger charge is 2.26. The number of anilines is 1. The number of rotatable bonds is 2. The Morgan fingerprint density at radius 2 is 1.77 bits per heavy atom. The van der Waals surface area contributed by atoms with Crippen molar-refractivity contribution in [2.45, 2.75) is 44.0 Å². The number of ether oxygens (including phenoxy) is 1. The minimum absolute atomic E-state index is 0.0769. The number of nitrogens with two attached hydrogens (primary N) is 1. The molecule has 0 radical (unpaired) electrons. The maximum atomic E-state index is 12.5. The summed E-state index contributed by atoms with van der Waals surface area (Å²) >= 11 is 0. The van der Waals surface area contributed by atoms with Crippen molar-refractivity contribution in [3.8, 4) is 5.75 Å². The molecule has 0 atom stereocenters. The van der Waals surface area contributed by atoms with Gasteiger partial charge in [-0.05, 0) is 68.5 Å². The molecule has 1 aromatic heterocycles. The van der Waals surface area contributed by atoms with E-state index in [4.69, 9.17) is 14.3 Å². The van der Waals surface area contributed by atoms with Gasteiger partial charge >= 0.3 is 5.63 Å². The van der Waals surface area contributed by atoms with E-state index in [1.807, 2.05) is 11.8 Å². The number of hydrogen-bond donors (Lipinski definition) is 1. The molecule has 0 fully saturated rings. The summed E-state index contributed by atoms with van der Waals surface area (Å²) in [6, 6.07) is 8.52. The molecule has 5 rings (SSSR count). The van der Waals surface area contributed by atoms with Crippen LogP contribution in [0, 0.1) is 6.92 Å². The molecule has 2 aromatic carbocycles. The highest BCUT2D eigenvalue weighted by Crippen LogP contribution is 2.38. The lowest BCUT2D eigenvalue weighted by molar-refractivity contribution is 0.287. The Morgan fingerprint density at radius 1 is 1.07 bits per heavy atom. The normalized spacial score (nSPS) is 16.1. The van der Waals surface area contributed by atoms with E-state index in [-0.39, 0.29) is 10.5 Å². The van der Waals surface area contributed by atoms with Crippen LogP contribution in [0.2, 0.25) is 0 Å². The first kappa shape index (κ1) is 19.1. The molecule has 0 amide bonds. The van der Waals surface area contributed by atoms with Crippen LogP contribution in [0.3, 0.4) is 0 Å². The van der Waals surface area contributed by atoms with Gasteiger partial charge < -0.3 is 14.1 Å². The second-order valence-electron chi connectivity index (χ2n) is 7.93. The third-order valence-electron chi connectivity index (χ3n) is 6.03. The van der Waals surface area contributed by atoms with E-state index in [1.165, 1.54) is 12.1 Å². The topological polar surface area (TPSA) is 103 Å². The van der Waals surface area contributed by atoms with Gasteiger partial charge in [0, 0.05) is 34.3 Å². The predicted octanol–water partition coefficient (Wildman–Crippen LogP) is 2.98. The standard InChI is InChI=1S/C22H22N2O5S/c1-13-20-14(10-19-17-4-2-3-5-18(17)22(25)29-21(13)19)11-24(12-28-20)15-6-8-16(9-7-15)30(23,26)27/h6-10H,2-5,11-12H2,1H3,(H2,23,26,27). The Bertz CT molecular complexity index is 1330. The van der Waals surface area contributed by atoms with E-state index in [0.29, 0.717) is 18.9 Å². The van der Waals surface area contributed by atoms with Crippen LogP contribution < -0.4 is 20.4 Å². The molecule has 2 aliphatic rings. The highest BCUT2D eigenvalue weighted by atomic mass is 32.2.